The molecule has 3 atom stereocenters. The first kappa shape index (κ1) is 28.9. The van der Waals surface area contributed by atoms with E-state index < -0.39 is 17.4 Å². The van der Waals surface area contributed by atoms with Gasteiger partial charge in [0.25, 0.3) is 0 Å². The number of amidine groups is 1. The van der Waals surface area contributed by atoms with E-state index in [4.69, 9.17) is 4.74 Å². The molecular weight excluding hydrogens is 589 g/mol. The first-order chi connectivity index (χ1) is 20.0. The molecule has 0 spiro atoms. The summed E-state index contributed by atoms with van der Waals surface area (Å²) in [4.78, 5) is 33.9. The second-order valence-corrected chi connectivity index (χ2v) is 12.9. The number of ether oxygens (including phenoxy) is 1. The zero-order valence-corrected chi connectivity index (χ0v) is 24.7. The molecule has 2 aliphatic heterocycles. The van der Waals surface area contributed by atoms with Crippen molar-refractivity contribution in [1.29, 1.82) is 5.41 Å². The highest BCUT2D eigenvalue weighted by atomic mass is 32.2. The summed E-state index contributed by atoms with van der Waals surface area (Å²) in [6.45, 7) is 8.26. The van der Waals surface area contributed by atoms with Crippen LogP contribution in [-0.2, 0) is 15.7 Å². The van der Waals surface area contributed by atoms with Gasteiger partial charge in [0.2, 0.25) is 5.91 Å². The fourth-order valence-corrected chi connectivity index (χ4v) is 8.19. The number of halogens is 3. The molecule has 4 heterocycles. The number of nitrogens with one attached hydrogen (secondary N) is 4. The van der Waals surface area contributed by atoms with Crippen LogP contribution in [0.2, 0.25) is 0 Å². The first-order valence-corrected chi connectivity index (χ1v) is 15.6. The van der Waals surface area contributed by atoms with Gasteiger partial charge in [-0.1, -0.05) is 6.58 Å². The number of hydrogen-bond acceptors (Lipinski definition) is 7. The van der Waals surface area contributed by atoms with Crippen molar-refractivity contribution in [2.45, 2.75) is 62.1 Å². The lowest BCUT2D eigenvalue weighted by Gasteiger charge is -2.45. The van der Waals surface area contributed by atoms with Crippen molar-refractivity contribution in [3.63, 3.8) is 0 Å². The maximum Gasteiger partial charge on any atom is 0.417 e. The van der Waals surface area contributed by atoms with Gasteiger partial charge in [0.05, 0.1) is 39.4 Å². The summed E-state index contributed by atoms with van der Waals surface area (Å²) in [7, 11) is 0. The molecule has 224 valence electrons. The van der Waals surface area contributed by atoms with E-state index in [2.05, 4.69) is 21.9 Å². The van der Waals surface area contributed by atoms with Gasteiger partial charge >= 0.3 is 11.9 Å². The lowest BCUT2D eigenvalue weighted by Crippen LogP contribution is -2.59. The summed E-state index contributed by atoms with van der Waals surface area (Å²) in [5, 5.41) is 14.2. The fourth-order valence-electron chi connectivity index (χ4n) is 5.87. The molecule has 1 saturated carbocycles. The van der Waals surface area contributed by atoms with Gasteiger partial charge in [-0.3, -0.25) is 10.2 Å². The topological polar surface area (TPSA) is 117 Å². The van der Waals surface area contributed by atoms with E-state index in [0.29, 0.717) is 38.8 Å². The van der Waals surface area contributed by atoms with Gasteiger partial charge in [-0.05, 0) is 38.8 Å². The molecule has 1 aromatic carbocycles. The van der Waals surface area contributed by atoms with E-state index in [1.807, 2.05) is 13.8 Å². The molecule has 3 aromatic rings. The average molecular weight is 621 g/mol. The zero-order chi connectivity index (χ0) is 29.9. The number of hydrogen-bond donors (Lipinski definition) is 4. The van der Waals surface area contributed by atoms with Crippen LogP contribution >= 0.6 is 23.1 Å². The average Bonchev–Trinajstić information content (AvgIpc) is 3.61. The fraction of sp³-hybridized carbons (Fsp3) is 0.464. The normalized spacial score (nSPS) is 22.9. The number of thiophene rings is 1. The van der Waals surface area contributed by atoms with E-state index in [-0.39, 0.29) is 60.3 Å². The highest BCUT2D eigenvalue weighted by molar-refractivity contribution is 7.99. The molecule has 0 radical (unpaired) electrons. The SMILES string of the molecule is C=CC(=O)N1[C@H](C)CN(C(=N)c2cc(C(F)(F)F)c(-c3scc4[nH]c(=O)[nH]c34)c3c2NCC(OC2CC2)CS3)C[C@@H]1C. The van der Waals surface area contributed by atoms with Crippen LogP contribution < -0.4 is 11.0 Å². The van der Waals surface area contributed by atoms with Crippen LogP contribution in [0.25, 0.3) is 21.5 Å². The van der Waals surface area contributed by atoms with E-state index >= 15 is 0 Å². The predicted molar refractivity (Wildman–Crippen MR) is 159 cm³/mol. The number of carbonyl (C=O) groups is 1. The number of benzene rings is 1. The minimum absolute atomic E-state index is 0.0167. The summed E-state index contributed by atoms with van der Waals surface area (Å²) in [6, 6.07) is 0.505. The van der Waals surface area contributed by atoms with Gasteiger partial charge in [-0.15, -0.1) is 23.1 Å². The van der Waals surface area contributed by atoms with Crippen LogP contribution in [0.1, 0.15) is 37.8 Å². The lowest BCUT2D eigenvalue weighted by molar-refractivity contribution is -0.137. The van der Waals surface area contributed by atoms with Crippen molar-refractivity contribution in [2.24, 2.45) is 0 Å². The number of rotatable bonds is 5. The number of nitrogens with zero attached hydrogens (tertiary/aromatic N) is 2. The first-order valence-electron chi connectivity index (χ1n) is 13.7. The second kappa shape index (κ2) is 10.8. The molecule has 0 bridgehead atoms. The molecule has 9 nitrogen and oxygen atoms in total. The van der Waals surface area contributed by atoms with Gasteiger partial charge < -0.3 is 29.8 Å². The van der Waals surface area contributed by atoms with Crippen LogP contribution in [0.5, 0.6) is 0 Å². The maximum atomic E-state index is 14.9. The third kappa shape index (κ3) is 5.24. The number of piperazine rings is 1. The molecule has 1 amide bonds. The van der Waals surface area contributed by atoms with Crippen molar-refractivity contribution in [3.8, 4) is 10.4 Å². The van der Waals surface area contributed by atoms with Crippen LogP contribution in [0.3, 0.4) is 0 Å². The third-order valence-corrected chi connectivity index (χ3v) is 10.1. The Morgan fingerprint density at radius 2 is 1.90 bits per heavy atom. The number of imidazole rings is 1. The number of amides is 1. The highest BCUT2D eigenvalue weighted by Gasteiger charge is 2.41. The largest absolute Gasteiger partial charge is 0.417 e. The number of thioether (sulfide) groups is 1. The Labute approximate surface area is 248 Å². The van der Waals surface area contributed by atoms with Crippen molar-refractivity contribution in [2.75, 3.05) is 30.7 Å². The van der Waals surface area contributed by atoms with E-state index in [9.17, 15) is 28.2 Å². The molecule has 1 unspecified atom stereocenters. The van der Waals surface area contributed by atoms with E-state index in [1.54, 1.807) is 15.2 Å². The Morgan fingerprint density at radius 1 is 1.19 bits per heavy atom. The smallest absolute Gasteiger partial charge is 0.381 e. The number of aromatic nitrogens is 2. The van der Waals surface area contributed by atoms with Crippen molar-refractivity contribution >= 4 is 51.6 Å². The molecule has 3 aliphatic rings. The third-order valence-electron chi connectivity index (χ3n) is 7.84. The minimum Gasteiger partial charge on any atom is -0.381 e. The van der Waals surface area contributed by atoms with Crippen LogP contribution in [0.4, 0.5) is 18.9 Å². The molecule has 1 aliphatic carbocycles. The lowest BCUT2D eigenvalue weighted by atomic mass is 9.97. The number of aromatic amines is 2. The Balaban J connectivity index is 1.48. The Bertz CT molecular complexity index is 1610. The standard InChI is InChI=1S/C28H31F3N6O3S2/c1-4-20(38)37-13(2)9-36(10-14(37)3)26(32)17-7-18(28(29,30)31)21(25-23-19(12-42-25)34-27(39)35-23)24-22(17)33-8-16(11-41-24)40-15-5-6-15/h4,7,12-16,32-33H,1,5-6,8-11H2,2-3H3,(H2,34,35,39)/t13-,14+,16?. The van der Waals surface area contributed by atoms with Gasteiger partial charge in [0.1, 0.15) is 5.84 Å². The molecule has 6 rings (SSSR count). The molecule has 14 heteroatoms. The van der Waals surface area contributed by atoms with Crippen molar-refractivity contribution < 1.29 is 22.7 Å². The number of H-pyrrole nitrogens is 2. The van der Waals surface area contributed by atoms with Gasteiger partial charge in [0.15, 0.2) is 0 Å². The summed E-state index contributed by atoms with van der Waals surface area (Å²) in [5.74, 6) is 0.170. The highest BCUT2D eigenvalue weighted by Crippen LogP contribution is 2.51. The number of alkyl halides is 3. The van der Waals surface area contributed by atoms with E-state index in [1.165, 1.54) is 17.8 Å². The molecule has 4 N–H and O–H groups in total. The van der Waals surface area contributed by atoms with Crippen LogP contribution in [0.15, 0.2) is 33.8 Å². The molecule has 42 heavy (non-hydrogen) atoms. The maximum absolute atomic E-state index is 14.9. The Morgan fingerprint density at radius 3 is 2.55 bits per heavy atom. The summed E-state index contributed by atoms with van der Waals surface area (Å²) in [5.41, 5.74) is -0.0376. The van der Waals surface area contributed by atoms with Gasteiger partial charge in [-0.2, -0.15) is 13.2 Å². The quantitative estimate of drug-likeness (QED) is 0.179. The number of carbonyl (C=O) groups excluding carboxylic acids is 1. The monoisotopic (exact) mass is 620 g/mol. The molecule has 1 saturated heterocycles. The number of anilines is 1. The van der Waals surface area contributed by atoms with Crippen LogP contribution in [-0.4, -0.2) is 81.2 Å². The van der Waals surface area contributed by atoms with Crippen LogP contribution in [0, 0.1) is 5.41 Å². The minimum atomic E-state index is -4.74. The van der Waals surface area contributed by atoms with Crippen molar-refractivity contribution in [1.82, 2.24) is 19.8 Å². The summed E-state index contributed by atoms with van der Waals surface area (Å²) < 4.78 is 50.8. The summed E-state index contributed by atoms with van der Waals surface area (Å²) >= 11 is 2.41. The molecular formula is C28H31F3N6O3S2. The molecule has 2 fully saturated rings. The van der Waals surface area contributed by atoms with Gasteiger partial charge in [-0.25, -0.2) is 4.79 Å². The Hall–Kier alpha value is -3.23. The second-order valence-electron chi connectivity index (χ2n) is 11.0. The zero-order valence-electron chi connectivity index (χ0n) is 23.1. The van der Waals surface area contributed by atoms with E-state index in [0.717, 1.165) is 30.2 Å². The molecule has 2 aromatic heterocycles. The van der Waals surface area contributed by atoms with Gasteiger partial charge in [0, 0.05) is 58.9 Å². The summed E-state index contributed by atoms with van der Waals surface area (Å²) in [6.07, 6.45) is -1.60. The van der Waals surface area contributed by atoms with Crippen molar-refractivity contribution in [3.05, 3.63) is 45.7 Å². The Kier molecular flexibility index (Phi) is 7.42. The number of fused-ring (bicyclic) bond motifs is 2. The predicted octanol–water partition coefficient (Wildman–Crippen LogP) is 5.10.